The molecule has 7 heteroatoms. The number of carbonyl (C=O) groups excluding carboxylic acids is 2. The highest BCUT2D eigenvalue weighted by atomic mass is 35.5. The fraction of sp³-hybridized carbons (Fsp3) is 0.464. The number of imide groups is 1. The van der Waals surface area contributed by atoms with Gasteiger partial charge >= 0.3 is 5.97 Å². The van der Waals surface area contributed by atoms with Crippen molar-refractivity contribution in [2.45, 2.75) is 71.0 Å². The zero-order valence-electron chi connectivity index (χ0n) is 20.4. The van der Waals surface area contributed by atoms with Crippen LogP contribution in [0.1, 0.15) is 67.3 Å². The topological polar surface area (TPSA) is 77.9 Å². The smallest absolute Gasteiger partial charge is 0.306 e. The van der Waals surface area contributed by atoms with E-state index in [1.165, 1.54) is 21.6 Å². The Balaban J connectivity index is 1.43. The largest absolute Gasteiger partial charge is 0.481 e. The predicted octanol–water partition coefficient (Wildman–Crippen LogP) is 5.16. The standard InChI is InChI=1S/C28H33ClN2O4/c1-18-14-20(5-6-21(18)4-3-13-30-26(32)11-12-27(30)33)17-31(25-15-23(16-25)28(34)35)19(2)22-7-9-24(29)10-8-22/h5-10,14,19,23,25H,3-4,11-13,15-17H2,1-2H3,(H,34,35)/t19-,23-,25+/m1/s1. The van der Waals surface area contributed by atoms with Crippen molar-refractivity contribution in [3.05, 3.63) is 69.7 Å². The SMILES string of the molecule is Cc1cc(CN([C@H]2C[C@@H](C(=O)O)C2)[C@H](C)c2ccc(Cl)cc2)ccc1CCCN1C(=O)CCC1=O. The summed E-state index contributed by atoms with van der Waals surface area (Å²) >= 11 is 6.09. The first-order valence-corrected chi connectivity index (χ1v) is 12.8. The number of amides is 2. The number of aliphatic carboxylic acids is 1. The number of rotatable bonds is 10. The number of likely N-dealkylation sites (tertiary alicyclic amines) is 1. The molecule has 0 bridgehead atoms. The molecular formula is C28H33ClN2O4. The van der Waals surface area contributed by atoms with E-state index < -0.39 is 5.97 Å². The maximum atomic E-state index is 11.8. The minimum absolute atomic E-state index is 0.0573. The Morgan fingerprint density at radius 2 is 1.77 bits per heavy atom. The van der Waals surface area contributed by atoms with Gasteiger partial charge in [0, 0.05) is 43.0 Å². The van der Waals surface area contributed by atoms with Crippen LogP contribution in [0.4, 0.5) is 0 Å². The quantitative estimate of drug-likeness (QED) is 0.460. The number of nitrogens with zero attached hydrogens (tertiary/aromatic N) is 2. The molecule has 1 saturated heterocycles. The zero-order valence-corrected chi connectivity index (χ0v) is 21.1. The molecule has 0 spiro atoms. The van der Waals surface area contributed by atoms with E-state index in [-0.39, 0.29) is 29.8 Å². The van der Waals surface area contributed by atoms with Crippen molar-refractivity contribution in [1.82, 2.24) is 9.80 Å². The van der Waals surface area contributed by atoms with Gasteiger partial charge in [-0.2, -0.15) is 0 Å². The third-order valence-electron chi connectivity index (χ3n) is 7.54. The molecule has 1 aliphatic heterocycles. The molecule has 2 aromatic carbocycles. The summed E-state index contributed by atoms with van der Waals surface area (Å²) in [6.07, 6.45) is 3.58. The number of carbonyl (C=O) groups is 3. The molecule has 186 valence electrons. The van der Waals surface area contributed by atoms with Crippen molar-refractivity contribution in [3.8, 4) is 0 Å². The maximum Gasteiger partial charge on any atom is 0.306 e. The number of benzene rings is 2. The van der Waals surface area contributed by atoms with Gasteiger partial charge in [0.05, 0.1) is 5.92 Å². The molecule has 1 saturated carbocycles. The highest BCUT2D eigenvalue weighted by Crippen LogP contribution is 2.38. The molecule has 2 fully saturated rings. The summed E-state index contributed by atoms with van der Waals surface area (Å²) in [7, 11) is 0. The molecule has 1 heterocycles. The van der Waals surface area contributed by atoms with Gasteiger partial charge in [-0.15, -0.1) is 0 Å². The number of aryl methyl sites for hydroxylation is 2. The Bertz CT molecular complexity index is 1080. The molecule has 0 unspecified atom stereocenters. The monoisotopic (exact) mass is 496 g/mol. The van der Waals surface area contributed by atoms with E-state index in [1.54, 1.807) is 0 Å². The van der Waals surface area contributed by atoms with Crippen LogP contribution in [0.15, 0.2) is 42.5 Å². The van der Waals surface area contributed by atoms with Crippen LogP contribution in [0.2, 0.25) is 5.02 Å². The van der Waals surface area contributed by atoms with Crippen LogP contribution in [0.5, 0.6) is 0 Å². The molecule has 1 atom stereocenters. The number of carboxylic acids is 1. The summed E-state index contributed by atoms with van der Waals surface area (Å²) < 4.78 is 0. The Morgan fingerprint density at radius 3 is 2.37 bits per heavy atom. The second-order valence-corrected chi connectivity index (χ2v) is 10.3. The average molecular weight is 497 g/mol. The molecular weight excluding hydrogens is 464 g/mol. The van der Waals surface area contributed by atoms with E-state index in [4.69, 9.17) is 11.6 Å². The van der Waals surface area contributed by atoms with Gasteiger partial charge < -0.3 is 5.11 Å². The number of hydrogen-bond acceptors (Lipinski definition) is 4. The third-order valence-corrected chi connectivity index (χ3v) is 7.79. The number of halogens is 1. The van der Waals surface area contributed by atoms with Gasteiger partial charge in [-0.25, -0.2) is 0 Å². The van der Waals surface area contributed by atoms with Gasteiger partial charge in [-0.3, -0.25) is 24.2 Å². The number of carboxylic acid groups (broad SMARTS) is 1. The van der Waals surface area contributed by atoms with Crippen LogP contribution in [-0.2, 0) is 27.3 Å². The normalized spacial score (nSPS) is 20.9. The molecule has 1 N–H and O–H groups in total. The molecule has 6 nitrogen and oxygen atoms in total. The zero-order chi connectivity index (χ0) is 25.1. The van der Waals surface area contributed by atoms with Crippen molar-refractivity contribution in [2.24, 2.45) is 5.92 Å². The van der Waals surface area contributed by atoms with Gasteiger partial charge in [0.15, 0.2) is 0 Å². The van der Waals surface area contributed by atoms with Crippen LogP contribution in [0.3, 0.4) is 0 Å². The van der Waals surface area contributed by atoms with Crippen molar-refractivity contribution in [3.63, 3.8) is 0 Å². The molecule has 4 rings (SSSR count). The summed E-state index contributed by atoms with van der Waals surface area (Å²) in [5, 5.41) is 10.1. The van der Waals surface area contributed by atoms with Crippen LogP contribution in [-0.4, -0.2) is 45.3 Å². The van der Waals surface area contributed by atoms with E-state index in [0.717, 1.165) is 24.9 Å². The van der Waals surface area contributed by atoms with E-state index in [0.29, 0.717) is 37.3 Å². The Hall–Kier alpha value is -2.70. The van der Waals surface area contributed by atoms with Crippen molar-refractivity contribution >= 4 is 29.4 Å². The second-order valence-electron chi connectivity index (χ2n) is 9.86. The van der Waals surface area contributed by atoms with Gasteiger partial charge in [0.1, 0.15) is 0 Å². The van der Waals surface area contributed by atoms with Crippen LogP contribution < -0.4 is 0 Å². The maximum absolute atomic E-state index is 11.8. The van der Waals surface area contributed by atoms with Crippen LogP contribution in [0, 0.1) is 12.8 Å². The summed E-state index contributed by atoms with van der Waals surface area (Å²) in [5.41, 5.74) is 4.76. The first-order chi connectivity index (χ1) is 16.7. The first kappa shape index (κ1) is 25.4. The summed E-state index contributed by atoms with van der Waals surface area (Å²) in [6.45, 7) is 5.48. The van der Waals surface area contributed by atoms with Crippen molar-refractivity contribution in [2.75, 3.05) is 6.54 Å². The van der Waals surface area contributed by atoms with Crippen LogP contribution >= 0.6 is 11.6 Å². The molecule has 35 heavy (non-hydrogen) atoms. The fourth-order valence-electron chi connectivity index (χ4n) is 5.22. The minimum Gasteiger partial charge on any atom is -0.481 e. The number of hydrogen-bond donors (Lipinski definition) is 1. The summed E-state index contributed by atoms with van der Waals surface area (Å²) in [4.78, 5) is 38.8. The molecule has 2 aromatic rings. The van der Waals surface area contributed by atoms with Crippen molar-refractivity contribution in [1.29, 1.82) is 0 Å². The molecule has 1 aliphatic carbocycles. The third kappa shape index (κ3) is 5.93. The fourth-order valence-corrected chi connectivity index (χ4v) is 5.35. The first-order valence-electron chi connectivity index (χ1n) is 12.4. The second kappa shape index (κ2) is 10.9. The van der Waals surface area contributed by atoms with E-state index in [2.05, 4.69) is 36.9 Å². The summed E-state index contributed by atoms with van der Waals surface area (Å²) in [5.74, 6) is -1.09. The van der Waals surface area contributed by atoms with Gasteiger partial charge in [-0.05, 0) is 73.9 Å². The summed E-state index contributed by atoms with van der Waals surface area (Å²) in [6, 6.07) is 14.7. The van der Waals surface area contributed by atoms with Gasteiger partial charge in [0.25, 0.3) is 0 Å². The lowest BCUT2D eigenvalue weighted by Crippen LogP contribution is -2.47. The molecule has 2 aliphatic rings. The van der Waals surface area contributed by atoms with Crippen molar-refractivity contribution < 1.29 is 19.5 Å². The lowest BCUT2D eigenvalue weighted by molar-refractivity contribution is -0.147. The highest BCUT2D eigenvalue weighted by Gasteiger charge is 2.39. The Labute approximate surface area is 211 Å². The Morgan fingerprint density at radius 1 is 1.11 bits per heavy atom. The highest BCUT2D eigenvalue weighted by molar-refractivity contribution is 6.30. The van der Waals surface area contributed by atoms with E-state index >= 15 is 0 Å². The van der Waals surface area contributed by atoms with Crippen LogP contribution in [0.25, 0.3) is 0 Å². The van der Waals surface area contributed by atoms with Gasteiger partial charge in [0.2, 0.25) is 11.8 Å². The Kier molecular flexibility index (Phi) is 7.92. The molecule has 0 radical (unpaired) electrons. The average Bonchev–Trinajstić information content (AvgIpc) is 3.10. The predicted molar refractivity (Wildman–Crippen MR) is 135 cm³/mol. The lowest BCUT2D eigenvalue weighted by atomic mass is 9.78. The van der Waals surface area contributed by atoms with E-state index in [1.807, 2.05) is 24.3 Å². The molecule has 2 amide bonds. The minimum atomic E-state index is -0.710. The van der Waals surface area contributed by atoms with Gasteiger partial charge in [-0.1, -0.05) is 41.9 Å². The lowest BCUT2D eigenvalue weighted by Gasteiger charge is -2.44. The van der Waals surface area contributed by atoms with E-state index in [9.17, 15) is 19.5 Å². The molecule has 0 aromatic heterocycles.